The van der Waals surface area contributed by atoms with Crippen LogP contribution < -0.4 is 5.32 Å². The van der Waals surface area contributed by atoms with Crippen LogP contribution in [0.5, 0.6) is 0 Å². The molecular formula is C12H19ClN4O2. The maximum atomic E-state index is 11.0. The number of halogens is 1. The average Bonchev–Trinajstić information content (AvgIpc) is 2.35. The highest BCUT2D eigenvalue weighted by molar-refractivity contribution is 6.31. The Morgan fingerprint density at radius 3 is 2.68 bits per heavy atom. The second-order valence-electron chi connectivity index (χ2n) is 4.39. The van der Waals surface area contributed by atoms with Gasteiger partial charge < -0.3 is 5.32 Å². The minimum Gasteiger partial charge on any atom is -0.361 e. The van der Waals surface area contributed by atoms with E-state index in [0.717, 1.165) is 32.1 Å². The van der Waals surface area contributed by atoms with E-state index in [1.165, 1.54) is 6.33 Å². The van der Waals surface area contributed by atoms with E-state index >= 15 is 0 Å². The quantitative estimate of drug-likeness (QED) is 0.446. The summed E-state index contributed by atoms with van der Waals surface area (Å²) in [5.74, 6) is 0.208. The third-order valence-corrected chi connectivity index (χ3v) is 3.12. The van der Waals surface area contributed by atoms with Gasteiger partial charge in [-0.2, -0.15) is 0 Å². The Labute approximate surface area is 117 Å². The number of anilines is 1. The van der Waals surface area contributed by atoms with E-state index in [0.29, 0.717) is 0 Å². The monoisotopic (exact) mass is 286 g/mol. The molecule has 106 valence electrons. The number of hydrogen-bond donors (Lipinski definition) is 1. The largest absolute Gasteiger partial charge is 0.361 e. The van der Waals surface area contributed by atoms with Crippen molar-refractivity contribution in [3.05, 3.63) is 21.6 Å². The van der Waals surface area contributed by atoms with E-state index in [4.69, 9.17) is 11.6 Å². The third kappa shape index (κ3) is 4.63. The first-order valence-electron chi connectivity index (χ1n) is 6.51. The van der Waals surface area contributed by atoms with Crippen LogP contribution in [-0.4, -0.2) is 20.9 Å². The van der Waals surface area contributed by atoms with Crippen molar-refractivity contribution in [3.63, 3.8) is 0 Å². The van der Waals surface area contributed by atoms with Gasteiger partial charge in [0.05, 0.1) is 4.92 Å². The molecule has 0 saturated carbocycles. The van der Waals surface area contributed by atoms with Crippen LogP contribution in [0.15, 0.2) is 6.33 Å². The fourth-order valence-corrected chi connectivity index (χ4v) is 2.11. The molecule has 1 atom stereocenters. The van der Waals surface area contributed by atoms with Crippen molar-refractivity contribution < 1.29 is 4.92 Å². The van der Waals surface area contributed by atoms with Gasteiger partial charge in [0, 0.05) is 6.04 Å². The smallest absolute Gasteiger partial charge is 0.348 e. The number of aromatic nitrogens is 2. The van der Waals surface area contributed by atoms with E-state index < -0.39 is 4.92 Å². The van der Waals surface area contributed by atoms with Crippen molar-refractivity contribution in [2.75, 3.05) is 5.32 Å². The van der Waals surface area contributed by atoms with Crippen molar-refractivity contribution in [2.24, 2.45) is 0 Å². The van der Waals surface area contributed by atoms with Crippen molar-refractivity contribution in [3.8, 4) is 0 Å². The Hall–Kier alpha value is -1.43. The van der Waals surface area contributed by atoms with Crippen LogP contribution in [-0.2, 0) is 0 Å². The SMILES string of the molecule is CCCCC(CCC)Nc1ncnc(Cl)c1[N+](=O)[O-]. The zero-order valence-electron chi connectivity index (χ0n) is 11.2. The van der Waals surface area contributed by atoms with Gasteiger partial charge in [0.15, 0.2) is 0 Å². The molecule has 6 nitrogen and oxygen atoms in total. The summed E-state index contributed by atoms with van der Waals surface area (Å²) in [7, 11) is 0. The standard InChI is InChI=1S/C12H19ClN4O2/c1-3-5-7-9(6-4-2)16-12-10(17(18)19)11(13)14-8-15-12/h8-9H,3-7H2,1-2H3,(H,14,15,16). The van der Waals surface area contributed by atoms with Crippen LogP contribution in [0.25, 0.3) is 0 Å². The highest BCUT2D eigenvalue weighted by Crippen LogP contribution is 2.29. The van der Waals surface area contributed by atoms with Gasteiger partial charge in [0.25, 0.3) is 0 Å². The minimum atomic E-state index is -0.548. The Bertz CT molecular complexity index is 428. The molecule has 0 bridgehead atoms. The number of nitrogens with zero attached hydrogens (tertiary/aromatic N) is 3. The maximum Gasteiger partial charge on any atom is 0.348 e. The van der Waals surface area contributed by atoms with Crippen LogP contribution in [0.4, 0.5) is 11.5 Å². The van der Waals surface area contributed by atoms with Crippen LogP contribution in [0.2, 0.25) is 5.15 Å². The van der Waals surface area contributed by atoms with Crippen LogP contribution >= 0.6 is 11.6 Å². The molecule has 1 aromatic heterocycles. The molecule has 1 heterocycles. The highest BCUT2D eigenvalue weighted by Gasteiger charge is 2.23. The van der Waals surface area contributed by atoms with E-state index in [1.807, 2.05) is 0 Å². The molecule has 19 heavy (non-hydrogen) atoms. The van der Waals surface area contributed by atoms with Gasteiger partial charge in [0.2, 0.25) is 11.0 Å². The van der Waals surface area contributed by atoms with Gasteiger partial charge in [-0.25, -0.2) is 9.97 Å². The van der Waals surface area contributed by atoms with Gasteiger partial charge in [-0.3, -0.25) is 10.1 Å². The first-order valence-corrected chi connectivity index (χ1v) is 6.89. The van der Waals surface area contributed by atoms with Crippen LogP contribution in [0.3, 0.4) is 0 Å². The van der Waals surface area contributed by atoms with E-state index in [2.05, 4.69) is 29.1 Å². The lowest BCUT2D eigenvalue weighted by Gasteiger charge is -2.18. The summed E-state index contributed by atoms with van der Waals surface area (Å²) in [6.45, 7) is 4.20. The van der Waals surface area contributed by atoms with Crippen molar-refractivity contribution in [1.29, 1.82) is 0 Å². The topological polar surface area (TPSA) is 81.0 Å². The van der Waals surface area contributed by atoms with Gasteiger partial charge in [-0.15, -0.1) is 0 Å². The third-order valence-electron chi connectivity index (χ3n) is 2.84. The summed E-state index contributed by atoms with van der Waals surface area (Å²) >= 11 is 5.76. The molecule has 1 aromatic rings. The van der Waals surface area contributed by atoms with Crippen molar-refractivity contribution >= 4 is 23.1 Å². The Morgan fingerprint density at radius 1 is 1.37 bits per heavy atom. The van der Waals surface area contributed by atoms with Gasteiger partial charge >= 0.3 is 5.69 Å². The minimum absolute atomic E-state index is 0.131. The lowest BCUT2D eigenvalue weighted by Crippen LogP contribution is -2.21. The first kappa shape index (κ1) is 15.6. The average molecular weight is 287 g/mol. The van der Waals surface area contributed by atoms with E-state index in [9.17, 15) is 10.1 Å². The lowest BCUT2D eigenvalue weighted by molar-refractivity contribution is -0.384. The molecule has 0 aliphatic heterocycles. The molecule has 0 aromatic carbocycles. The lowest BCUT2D eigenvalue weighted by atomic mass is 10.1. The van der Waals surface area contributed by atoms with Gasteiger partial charge in [0.1, 0.15) is 6.33 Å². The molecule has 0 saturated heterocycles. The molecule has 1 unspecified atom stereocenters. The fraction of sp³-hybridized carbons (Fsp3) is 0.667. The molecule has 0 amide bonds. The zero-order chi connectivity index (χ0) is 14.3. The molecule has 0 aliphatic carbocycles. The van der Waals surface area contributed by atoms with Crippen LogP contribution in [0.1, 0.15) is 46.0 Å². The fourth-order valence-electron chi connectivity index (χ4n) is 1.91. The number of rotatable bonds is 8. The zero-order valence-corrected chi connectivity index (χ0v) is 12.0. The maximum absolute atomic E-state index is 11.0. The predicted octanol–water partition coefficient (Wildman–Crippen LogP) is 3.81. The molecular weight excluding hydrogens is 268 g/mol. The Morgan fingerprint density at radius 2 is 2.11 bits per heavy atom. The number of nitro groups is 1. The molecule has 7 heteroatoms. The van der Waals surface area contributed by atoms with Crippen molar-refractivity contribution in [2.45, 2.75) is 52.0 Å². The molecule has 1 N–H and O–H groups in total. The molecule has 0 fully saturated rings. The van der Waals surface area contributed by atoms with Crippen LogP contribution in [0, 0.1) is 10.1 Å². The summed E-state index contributed by atoms with van der Waals surface area (Å²) in [6.07, 6.45) is 6.31. The van der Waals surface area contributed by atoms with E-state index in [-0.39, 0.29) is 22.7 Å². The summed E-state index contributed by atoms with van der Waals surface area (Å²) in [4.78, 5) is 18.0. The second kappa shape index (κ2) is 7.89. The molecule has 0 spiro atoms. The second-order valence-corrected chi connectivity index (χ2v) is 4.75. The summed E-state index contributed by atoms with van der Waals surface area (Å²) in [5.41, 5.74) is -0.248. The predicted molar refractivity (Wildman–Crippen MR) is 75.5 cm³/mol. The highest BCUT2D eigenvalue weighted by atomic mass is 35.5. The Balaban J connectivity index is 2.89. The Kier molecular flexibility index (Phi) is 6.49. The number of nitrogens with one attached hydrogen (secondary N) is 1. The van der Waals surface area contributed by atoms with E-state index in [1.54, 1.807) is 0 Å². The first-order chi connectivity index (χ1) is 9.10. The summed E-state index contributed by atoms with van der Waals surface area (Å²) < 4.78 is 0. The van der Waals surface area contributed by atoms with Crippen molar-refractivity contribution in [1.82, 2.24) is 9.97 Å². The molecule has 1 rings (SSSR count). The van der Waals surface area contributed by atoms with Gasteiger partial charge in [-0.05, 0) is 12.8 Å². The molecule has 0 aliphatic rings. The molecule has 0 radical (unpaired) electrons. The summed E-state index contributed by atoms with van der Waals surface area (Å²) in [5, 5.41) is 14.0. The van der Waals surface area contributed by atoms with Gasteiger partial charge in [-0.1, -0.05) is 44.7 Å². The summed E-state index contributed by atoms with van der Waals surface area (Å²) in [6, 6.07) is 0.176. The normalized spacial score (nSPS) is 12.2. The number of unbranched alkanes of at least 4 members (excludes halogenated alkanes) is 1. The number of hydrogen-bond acceptors (Lipinski definition) is 5.